The van der Waals surface area contributed by atoms with Gasteiger partial charge < -0.3 is 10.6 Å². The zero-order chi connectivity index (χ0) is 24.8. The fourth-order valence-corrected chi connectivity index (χ4v) is 4.34. The summed E-state index contributed by atoms with van der Waals surface area (Å²) < 4.78 is 0. The second-order valence-electron chi connectivity index (χ2n) is 8.79. The Balaban J connectivity index is 1.65. The Morgan fingerprint density at radius 3 is 1.51 bits per heavy atom. The number of nitrogens with one attached hydrogen (secondary N) is 2. The topological polar surface area (TPSA) is 75.3 Å². The van der Waals surface area contributed by atoms with Crippen molar-refractivity contribution in [3.05, 3.63) is 107 Å². The van der Waals surface area contributed by atoms with Crippen LogP contribution in [0.1, 0.15) is 49.3 Å². The molecule has 0 saturated heterocycles. The van der Waals surface area contributed by atoms with Crippen LogP contribution in [0.4, 0.5) is 11.4 Å². The number of hydrogen-bond donors (Lipinski definition) is 2. The van der Waals surface area contributed by atoms with Crippen LogP contribution in [0.25, 0.3) is 12.2 Å². The zero-order valence-electron chi connectivity index (χ0n) is 19.9. The lowest BCUT2D eigenvalue weighted by molar-refractivity contribution is -0.115. The van der Waals surface area contributed by atoms with Crippen LogP contribution in [-0.2, 0) is 14.4 Å². The Labute approximate surface area is 205 Å². The highest BCUT2D eigenvalue weighted by molar-refractivity contribution is 6.14. The predicted octanol–water partition coefficient (Wildman–Crippen LogP) is 6.22. The highest BCUT2D eigenvalue weighted by Gasteiger charge is 2.28. The van der Waals surface area contributed by atoms with E-state index in [1.54, 1.807) is 0 Å². The number of carbonyl (C=O) groups is 3. The monoisotopic (exact) mass is 464 g/mol. The normalized spacial score (nSPS) is 17.9. The maximum atomic E-state index is 13.5. The molecule has 0 aliphatic heterocycles. The zero-order valence-corrected chi connectivity index (χ0v) is 19.9. The van der Waals surface area contributed by atoms with Gasteiger partial charge in [0.1, 0.15) is 0 Å². The second-order valence-corrected chi connectivity index (χ2v) is 8.79. The molecule has 0 heterocycles. The first kappa shape index (κ1) is 23.9. The molecule has 176 valence electrons. The van der Waals surface area contributed by atoms with Gasteiger partial charge in [0.25, 0.3) is 0 Å². The smallest absolute Gasteiger partial charge is 0.221 e. The molecule has 0 atom stereocenters. The summed E-state index contributed by atoms with van der Waals surface area (Å²) in [6.45, 7) is 2.95. The highest BCUT2D eigenvalue weighted by Crippen LogP contribution is 2.38. The third kappa shape index (κ3) is 6.42. The maximum Gasteiger partial charge on any atom is 0.221 e. The predicted molar refractivity (Wildman–Crippen MR) is 141 cm³/mol. The molecule has 0 bridgehead atoms. The van der Waals surface area contributed by atoms with Gasteiger partial charge in [0.15, 0.2) is 5.78 Å². The number of rotatable bonds is 5. The van der Waals surface area contributed by atoms with Gasteiger partial charge in [-0.25, -0.2) is 0 Å². The van der Waals surface area contributed by atoms with Crippen LogP contribution < -0.4 is 10.6 Å². The fourth-order valence-electron chi connectivity index (χ4n) is 4.34. The minimum atomic E-state index is -0.121. The quantitative estimate of drug-likeness (QED) is 0.440. The Bertz CT molecular complexity index is 1210. The van der Waals surface area contributed by atoms with Crippen LogP contribution in [0.2, 0.25) is 0 Å². The lowest BCUT2D eigenvalue weighted by atomic mass is 9.77. The lowest BCUT2D eigenvalue weighted by Crippen LogP contribution is -2.19. The van der Waals surface area contributed by atoms with Gasteiger partial charge in [-0.05, 0) is 71.9 Å². The summed E-state index contributed by atoms with van der Waals surface area (Å²) in [6, 6.07) is 25.2. The van der Waals surface area contributed by atoms with Gasteiger partial charge in [-0.15, -0.1) is 0 Å². The summed E-state index contributed by atoms with van der Waals surface area (Å²) in [6.07, 6.45) is 5.22. The first-order valence-electron chi connectivity index (χ1n) is 11.6. The van der Waals surface area contributed by atoms with Crippen LogP contribution in [0.5, 0.6) is 0 Å². The SMILES string of the molecule is CC(=O)Nc1ccc(/C=C2\CC(c3ccccc3)C/C(=C\c3ccc(NC(C)=O)cc3)C2=O)cc1. The molecule has 35 heavy (non-hydrogen) atoms. The molecule has 0 unspecified atom stereocenters. The number of ketones is 1. The first-order valence-corrected chi connectivity index (χ1v) is 11.6. The van der Waals surface area contributed by atoms with Crippen molar-refractivity contribution in [1.82, 2.24) is 0 Å². The molecule has 1 fully saturated rings. The van der Waals surface area contributed by atoms with Crippen molar-refractivity contribution < 1.29 is 14.4 Å². The number of benzene rings is 3. The van der Waals surface area contributed by atoms with E-state index in [0.717, 1.165) is 33.6 Å². The number of amides is 2. The Morgan fingerprint density at radius 1 is 0.686 bits per heavy atom. The Kier molecular flexibility index (Phi) is 7.36. The molecule has 0 radical (unpaired) electrons. The number of anilines is 2. The van der Waals surface area contributed by atoms with Crippen molar-refractivity contribution in [2.75, 3.05) is 10.6 Å². The highest BCUT2D eigenvalue weighted by atomic mass is 16.2. The molecule has 1 aliphatic carbocycles. The van der Waals surface area contributed by atoms with Crippen LogP contribution in [-0.4, -0.2) is 17.6 Å². The van der Waals surface area contributed by atoms with Gasteiger partial charge >= 0.3 is 0 Å². The van der Waals surface area contributed by atoms with E-state index in [-0.39, 0.29) is 23.5 Å². The van der Waals surface area contributed by atoms with Gasteiger partial charge in [0.05, 0.1) is 0 Å². The Hall–Kier alpha value is -4.25. The standard InChI is InChI=1S/C30H28N2O3/c1-20(33)31-28-12-8-22(9-13-28)16-26-18-25(24-6-4-3-5-7-24)19-27(30(26)35)17-23-10-14-29(15-11-23)32-21(2)34/h3-17,25H,18-19H2,1-2H3,(H,31,33)(H,32,34)/b26-16+,27-17+. The van der Waals surface area contributed by atoms with E-state index in [1.807, 2.05) is 78.9 Å². The molecule has 2 N–H and O–H groups in total. The molecule has 2 amide bonds. The van der Waals surface area contributed by atoms with Gasteiger partial charge in [-0.2, -0.15) is 0 Å². The third-order valence-electron chi connectivity index (χ3n) is 5.93. The number of hydrogen-bond acceptors (Lipinski definition) is 3. The number of allylic oxidation sites excluding steroid dienone is 2. The van der Waals surface area contributed by atoms with Crippen molar-refractivity contribution >= 4 is 41.1 Å². The molecule has 1 saturated carbocycles. The summed E-state index contributed by atoms with van der Waals surface area (Å²) in [5.74, 6) is 0.00562. The summed E-state index contributed by atoms with van der Waals surface area (Å²) in [7, 11) is 0. The van der Waals surface area contributed by atoms with Crippen molar-refractivity contribution in [1.29, 1.82) is 0 Å². The van der Waals surface area contributed by atoms with E-state index in [9.17, 15) is 14.4 Å². The van der Waals surface area contributed by atoms with Crippen LogP contribution >= 0.6 is 0 Å². The Morgan fingerprint density at radius 2 is 1.11 bits per heavy atom. The summed E-state index contributed by atoms with van der Waals surface area (Å²) in [5, 5.41) is 5.53. The average molecular weight is 465 g/mol. The van der Waals surface area contributed by atoms with Crippen molar-refractivity contribution in [2.24, 2.45) is 0 Å². The minimum absolute atomic E-state index is 0.0501. The molecule has 3 aromatic rings. The van der Waals surface area contributed by atoms with Gasteiger partial charge in [-0.1, -0.05) is 54.6 Å². The van der Waals surface area contributed by atoms with Crippen LogP contribution in [0, 0.1) is 0 Å². The number of carbonyl (C=O) groups excluding carboxylic acids is 3. The third-order valence-corrected chi connectivity index (χ3v) is 5.93. The van der Waals surface area contributed by atoms with Gasteiger partial charge in [0.2, 0.25) is 11.8 Å². The van der Waals surface area contributed by atoms with Crippen molar-refractivity contribution in [3.8, 4) is 0 Å². The van der Waals surface area contributed by atoms with Gasteiger partial charge in [0, 0.05) is 36.4 Å². The molecule has 1 aliphatic rings. The van der Waals surface area contributed by atoms with E-state index < -0.39 is 0 Å². The maximum absolute atomic E-state index is 13.5. The second kappa shape index (κ2) is 10.8. The number of Topliss-reactive ketones (excluding diaryl/α,β-unsaturated/α-hetero) is 1. The molecular weight excluding hydrogens is 436 g/mol. The molecule has 5 nitrogen and oxygen atoms in total. The van der Waals surface area contributed by atoms with E-state index >= 15 is 0 Å². The summed E-state index contributed by atoms with van der Waals surface area (Å²) in [4.78, 5) is 36.1. The molecule has 4 rings (SSSR count). The lowest BCUT2D eigenvalue weighted by Gasteiger charge is -2.26. The molecule has 5 heteroatoms. The fraction of sp³-hybridized carbons (Fsp3) is 0.167. The molecule has 0 spiro atoms. The average Bonchev–Trinajstić information content (AvgIpc) is 2.84. The van der Waals surface area contributed by atoms with Crippen LogP contribution in [0.15, 0.2) is 90.0 Å². The van der Waals surface area contributed by atoms with Crippen molar-refractivity contribution in [3.63, 3.8) is 0 Å². The van der Waals surface area contributed by atoms with E-state index in [1.165, 1.54) is 19.4 Å². The van der Waals surface area contributed by atoms with E-state index in [2.05, 4.69) is 22.8 Å². The molecule has 3 aromatic carbocycles. The van der Waals surface area contributed by atoms with E-state index in [4.69, 9.17) is 0 Å². The van der Waals surface area contributed by atoms with Crippen molar-refractivity contribution in [2.45, 2.75) is 32.6 Å². The summed E-state index contributed by atoms with van der Waals surface area (Å²) in [5.41, 5.74) is 6.00. The molecule has 0 aromatic heterocycles. The van der Waals surface area contributed by atoms with Crippen LogP contribution in [0.3, 0.4) is 0 Å². The minimum Gasteiger partial charge on any atom is -0.326 e. The largest absolute Gasteiger partial charge is 0.326 e. The van der Waals surface area contributed by atoms with Gasteiger partial charge in [-0.3, -0.25) is 14.4 Å². The summed E-state index contributed by atoms with van der Waals surface area (Å²) >= 11 is 0. The first-order chi connectivity index (χ1) is 16.9. The van der Waals surface area contributed by atoms with E-state index in [0.29, 0.717) is 12.8 Å². The molecular formula is C30H28N2O3.